The summed E-state index contributed by atoms with van der Waals surface area (Å²) in [5, 5.41) is 23.2. The third kappa shape index (κ3) is 6.24. The summed E-state index contributed by atoms with van der Waals surface area (Å²) in [4.78, 5) is 23.0. The molecule has 0 radical (unpaired) electrons. The number of carbonyl (C=O) groups excluding carboxylic acids is 1. The SMILES string of the molecule is CC(C)c1ccc(NC(=O)CC(NCCCO)C(=O)O)cc1. The highest BCUT2D eigenvalue weighted by Crippen LogP contribution is 2.17. The molecule has 1 unspecified atom stereocenters. The minimum Gasteiger partial charge on any atom is -0.480 e. The molecule has 6 heteroatoms. The molecule has 1 atom stereocenters. The number of anilines is 1. The summed E-state index contributed by atoms with van der Waals surface area (Å²) in [6.45, 7) is 4.50. The van der Waals surface area contributed by atoms with Gasteiger partial charge in [0, 0.05) is 12.3 Å². The molecule has 0 aromatic heterocycles. The van der Waals surface area contributed by atoms with Crippen LogP contribution in [0.4, 0.5) is 5.69 Å². The summed E-state index contributed by atoms with van der Waals surface area (Å²) in [6.07, 6.45) is 0.286. The zero-order valence-electron chi connectivity index (χ0n) is 13.0. The van der Waals surface area contributed by atoms with Crippen molar-refractivity contribution in [3.8, 4) is 0 Å². The van der Waals surface area contributed by atoms with Gasteiger partial charge in [0.2, 0.25) is 5.91 Å². The van der Waals surface area contributed by atoms with Crippen molar-refractivity contribution < 1.29 is 19.8 Å². The van der Waals surface area contributed by atoms with Crippen LogP contribution in [0.1, 0.15) is 38.2 Å². The standard InChI is InChI=1S/C16H24N2O4/c1-11(2)12-4-6-13(7-5-12)18-15(20)10-14(16(21)22)17-8-3-9-19/h4-7,11,14,17,19H,3,8-10H2,1-2H3,(H,18,20)(H,21,22). The number of aliphatic hydroxyl groups is 1. The van der Waals surface area contributed by atoms with Crippen molar-refractivity contribution in [3.63, 3.8) is 0 Å². The topological polar surface area (TPSA) is 98.7 Å². The second-order valence-corrected chi connectivity index (χ2v) is 5.45. The first-order valence-corrected chi connectivity index (χ1v) is 7.41. The number of carboxylic acid groups (broad SMARTS) is 1. The summed E-state index contributed by atoms with van der Waals surface area (Å²) < 4.78 is 0. The zero-order valence-corrected chi connectivity index (χ0v) is 13.0. The fraction of sp³-hybridized carbons (Fsp3) is 0.500. The lowest BCUT2D eigenvalue weighted by Crippen LogP contribution is -2.40. The lowest BCUT2D eigenvalue weighted by Gasteiger charge is -2.14. The molecule has 6 nitrogen and oxygen atoms in total. The Morgan fingerprint density at radius 3 is 2.32 bits per heavy atom. The highest BCUT2D eigenvalue weighted by atomic mass is 16.4. The van der Waals surface area contributed by atoms with Crippen LogP contribution in [-0.2, 0) is 9.59 Å². The predicted octanol–water partition coefficient (Wildman–Crippen LogP) is 1.56. The van der Waals surface area contributed by atoms with E-state index >= 15 is 0 Å². The van der Waals surface area contributed by atoms with Crippen molar-refractivity contribution in [3.05, 3.63) is 29.8 Å². The number of nitrogens with one attached hydrogen (secondary N) is 2. The predicted molar refractivity (Wildman–Crippen MR) is 84.9 cm³/mol. The smallest absolute Gasteiger partial charge is 0.321 e. The maximum absolute atomic E-state index is 11.9. The monoisotopic (exact) mass is 308 g/mol. The molecule has 0 saturated heterocycles. The van der Waals surface area contributed by atoms with Crippen LogP contribution in [0.3, 0.4) is 0 Å². The molecule has 0 aliphatic heterocycles. The Bertz CT molecular complexity index is 485. The molecule has 1 aromatic carbocycles. The van der Waals surface area contributed by atoms with Crippen LogP contribution in [0.5, 0.6) is 0 Å². The largest absolute Gasteiger partial charge is 0.480 e. The number of benzene rings is 1. The number of aliphatic hydroxyl groups excluding tert-OH is 1. The Labute approximate surface area is 130 Å². The van der Waals surface area contributed by atoms with E-state index in [4.69, 9.17) is 10.2 Å². The molecule has 0 aliphatic rings. The summed E-state index contributed by atoms with van der Waals surface area (Å²) in [6, 6.07) is 6.54. The van der Waals surface area contributed by atoms with Gasteiger partial charge < -0.3 is 20.8 Å². The number of hydrogen-bond donors (Lipinski definition) is 4. The second kappa shape index (κ2) is 9.17. The number of hydrogen-bond acceptors (Lipinski definition) is 4. The van der Waals surface area contributed by atoms with E-state index < -0.39 is 12.0 Å². The van der Waals surface area contributed by atoms with Crippen molar-refractivity contribution in [2.75, 3.05) is 18.5 Å². The third-order valence-electron chi connectivity index (χ3n) is 3.27. The van der Waals surface area contributed by atoms with Gasteiger partial charge in [0.1, 0.15) is 6.04 Å². The van der Waals surface area contributed by atoms with Crippen LogP contribution in [0.25, 0.3) is 0 Å². The first-order valence-electron chi connectivity index (χ1n) is 7.41. The summed E-state index contributed by atoms with van der Waals surface area (Å²) >= 11 is 0. The van der Waals surface area contributed by atoms with Gasteiger partial charge in [-0.2, -0.15) is 0 Å². The van der Waals surface area contributed by atoms with Gasteiger partial charge in [-0.3, -0.25) is 9.59 Å². The minimum absolute atomic E-state index is 0.0201. The van der Waals surface area contributed by atoms with E-state index in [1.54, 1.807) is 0 Å². The Balaban J connectivity index is 2.53. The molecule has 0 heterocycles. The van der Waals surface area contributed by atoms with E-state index in [1.165, 1.54) is 5.56 Å². The Kier molecular flexibility index (Phi) is 7.56. The molecule has 122 valence electrons. The average Bonchev–Trinajstić information content (AvgIpc) is 2.46. The second-order valence-electron chi connectivity index (χ2n) is 5.45. The lowest BCUT2D eigenvalue weighted by atomic mass is 10.0. The number of carbonyl (C=O) groups is 2. The Hall–Kier alpha value is -1.92. The highest BCUT2D eigenvalue weighted by molar-refractivity contribution is 5.94. The average molecular weight is 308 g/mol. The van der Waals surface area contributed by atoms with Gasteiger partial charge in [-0.15, -0.1) is 0 Å². The Morgan fingerprint density at radius 1 is 1.18 bits per heavy atom. The van der Waals surface area contributed by atoms with E-state index in [1.807, 2.05) is 24.3 Å². The van der Waals surface area contributed by atoms with Crippen LogP contribution in [0.2, 0.25) is 0 Å². The van der Waals surface area contributed by atoms with E-state index in [0.717, 1.165) is 0 Å². The fourth-order valence-electron chi connectivity index (χ4n) is 1.95. The molecule has 4 N–H and O–H groups in total. The van der Waals surface area contributed by atoms with Gasteiger partial charge in [-0.05, 0) is 36.6 Å². The van der Waals surface area contributed by atoms with Crippen LogP contribution in [0, 0.1) is 0 Å². The van der Waals surface area contributed by atoms with Crippen molar-refractivity contribution in [2.24, 2.45) is 0 Å². The molecule has 0 fully saturated rings. The normalized spacial score (nSPS) is 12.2. The highest BCUT2D eigenvalue weighted by Gasteiger charge is 2.20. The van der Waals surface area contributed by atoms with Crippen molar-refractivity contribution in [1.29, 1.82) is 0 Å². The molecule has 0 bridgehead atoms. The van der Waals surface area contributed by atoms with E-state index in [0.29, 0.717) is 24.6 Å². The summed E-state index contributed by atoms with van der Waals surface area (Å²) in [7, 11) is 0. The quantitative estimate of drug-likeness (QED) is 0.519. The first-order chi connectivity index (χ1) is 10.4. The van der Waals surface area contributed by atoms with Crippen LogP contribution < -0.4 is 10.6 Å². The molecule has 0 spiro atoms. The van der Waals surface area contributed by atoms with Gasteiger partial charge in [-0.1, -0.05) is 26.0 Å². The first kappa shape index (κ1) is 18.1. The third-order valence-corrected chi connectivity index (χ3v) is 3.27. The molecular weight excluding hydrogens is 284 g/mol. The van der Waals surface area contributed by atoms with Crippen LogP contribution >= 0.6 is 0 Å². The summed E-state index contributed by atoms with van der Waals surface area (Å²) in [5.41, 5.74) is 1.82. The van der Waals surface area contributed by atoms with E-state index in [2.05, 4.69) is 24.5 Å². The van der Waals surface area contributed by atoms with E-state index in [-0.39, 0.29) is 18.9 Å². The zero-order chi connectivity index (χ0) is 16.5. The number of rotatable bonds is 9. The fourth-order valence-corrected chi connectivity index (χ4v) is 1.95. The molecule has 0 saturated carbocycles. The molecule has 0 aliphatic carbocycles. The van der Waals surface area contributed by atoms with Gasteiger partial charge in [-0.25, -0.2) is 0 Å². The van der Waals surface area contributed by atoms with Gasteiger partial charge >= 0.3 is 5.97 Å². The van der Waals surface area contributed by atoms with Crippen molar-refractivity contribution in [2.45, 2.75) is 38.6 Å². The van der Waals surface area contributed by atoms with Crippen LogP contribution in [-0.4, -0.2) is 41.3 Å². The molecule has 22 heavy (non-hydrogen) atoms. The van der Waals surface area contributed by atoms with Gasteiger partial charge in [0.15, 0.2) is 0 Å². The van der Waals surface area contributed by atoms with Crippen molar-refractivity contribution >= 4 is 17.6 Å². The maximum atomic E-state index is 11.9. The number of aliphatic carboxylic acids is 1. The summed E-state index contributed by atoms with van der Waals surface area (Å²) in [5.74, 6) is -1.03. The molecule has 1 aromatic rings. The van der Waals surface area contributed by atoms with Crippen molar-refractivity contribution in [1.82, 2.24) is 5.32 Å². The molecule has 1 rings (SSSR count). The van der Waals surface area contributed by atoms with Gasteiger partial charge in [0.05, 0.1) is 6.42 Å². The van der Waals surface area contributed by atoms with Crippen LogP contribution in [0.15, 0.2) is 24.3 Å². The minimum atomic E-state index is -1.08. The number of amides is 1. The lowest BCUT2D eigenvalue weighted by molar-refractivity contribution is -0.141. The van der Waals surface area contributed by atoms with Gasteiger partial charge in [0.25, 0.3) is 0 Å². The maximum Gasteiger partial charge on any atom is 0.321 e. The molecule has 1 amide bonds. The Morgan fingerprint density at radius 2 is 1.82 bits per heavy atom. The van der Waals surface area contributed by atoms with E-state index in [9.17, 15) is 9.59 Å². The molecular formula is C16H24N2O4. The number of carboxylic acids is 1.